The lowest BCUT2D eigenvalue weighted by Gasteiger charge is -1.97. The summed E-state index contributed by atoms with van der Waals surface area (Å²) >= 11 is 0. The summed E-state index contributed by atoms with van der Waals surface area (Å²) < 4.78 is 4.74. The van der Waals surface area contributed by atoms with Gasteiger partial charge in [-0.25, -0.2) is 0 Å². The molecular formula is C8H11NO2. The molecule has 11 heavy (non-hydrogen) atoms. The fourth-order valence-electron chi connectivity index (χ4n) is 0.385. The molecule has 0 aromatic heterocycles. The van der Waals surface area contributed by atoms with Crippen molar-refractivity contribution < 1.29 is 9.53 Å². The first kappa shape index (κ1) is 9.49. The molecule has 0 aromatic carbocycles. The predicted molar refractivity (Wildman–Crippen MR) is 43.6 cm³/mol. The van der Waals surface area contributed by atoms with Gasteiger partial charge in [0.25, 0.3) is 0 Å². The number of carbonyl (C=O) groups excluding carboxylic acids is 1. The first-order valence-corrected chi connectivity index (χ1v) is 3.00. The molecule has 0 rings (SSSR count). The van der Waals surface area contributed by atoms with Crippen molar-refractivity contribution in [1.82, 2.24) is 5.32 Å². The van der Waals surface area contributed by atoms with Crippen molar-refractivity contribution in [2.45, 2.75) is 0 Å². The van der Waals surface area contributed by atoms with Gasteiger partial charge in [-0.05, 0) is 12.2 Å². The first-order valence-electron chi connectivity index (χ1n) is 3.00. The molecule has 0 bridgehead atoms. The predicted octanol–water partition coefficient (Wildman–Crippen LogP) is 0.962. The summed E-state index contributed by atoms with van der Waals surface area (Å²) in [6.45, 7) is 7.06. The molecule has 0 aliphatic carbocycles. The minimum atomic E-state index is 0.498. The standard InChI is InChI=1S/C8H11NO2/c1-7(9-6-10)4-5-8(2)11-3/h4-6H,1-2H2,3H3,(H,9,10)/b5-4-. The second kappa shape index (κ2) is 5.29. The molecule has 0 saturated carbocycles. The Morgan fingerprint density at radius 2 is 2.09 bits per heavy atom. The largest absolute Gasteiger partial charge is 0.497 e. The van der Waals surface area contributed by atoms with Crippen LogP contribution in [0.2, 0.25) is 0 Å². The Labute approximate surface area is 66.0 Å². The van der Waals surface area contributed by atoms with Crippen LogP contribution in [0.4, 0.5) is 0 Å². The summed E-state index contributed by atoms with van der Waals surface area (Å²) in [5.74, 6) is 0.513. The van der Waals surface area contributed by atoms with Crippen LogP contribution in [0.15, 0.2) is 36.8 Å². The van der Waals surface area contributed by atoms with E-state index in [-0.39, 0.29) is 0 Å². The van der Waals surface area contributed by atoms with Crippen molar-refractivity contribution in [1.29, 1.82) is 0 Å². The fraction of sp³-hybridized carbons (Fsp3) is 0.125. The van der Waals surface area contributed by atoms with Crippen LogP contribution in [0.1, 0.15) is 0 Å². The van der Waals surface area contributed by atoms with E-state index in [4.69, 9.17) is 4.74 Å². The second-order valence-corrected chi connectivity index (χ2v) is 1.79. The summed E-state index contributed by atoms with van der Waals surface area (Å²) in [5.41, 5.74) is 0.498. The SMILES string of the molecule is C=C(/C=C\C(=C)OC)NC=O. The van der Waals surface area contributed by atoms with Gasteiger partial charge in [-0.15, -0.1) is 0 Å². The van der Waals surface area contributed by atoms with E-state index < -0.39 is 0 Å². The highest BCUT2D eigenvalue weighted by molar-refractivity contribution is 5.51. The zero-order valence-electron chi connectivity index (χ0n) is 6.46. The van der Waals surface area contributed by atoms with Crippen LogP contribution in [0.25, 0.3) is 0 Å². The number of carbonyl (C=O) groups is 1. The Morgan fingerprint density at radius 1 is 1.45 bits per heavy atom. The van der Waals surface area contributed by atoms with Crippen LogP contribution in [-0.2, 0) is 9.53 Å². The molecule has 3 nitrogen and oxygen atoms in total. The van der Waals surface area contributed by atoms with Gasteiger partial charge in [0, 0.05) is 5.70 Å². The number of hydrogen-bond acceptors (Lipinski definition) is 2. The van der Waals surface area contributed by atoms with E-state index in [9.17, 15) is 4.79 Å². The minimum absolute atomic E-state index is 0.498. The lowest BCUT2D eigenvalue weighted by atomic mass is 10.4. The number of rotatable bonds is 5. The van der Waals surface area contributed by atoms with Crippen LogP contribution in [0.3, 0.4) is 0 Å². The van der Waals surface area contributed by atoms with Crippen LogP contribution < -0.4 is 5.32 Å². The zero-order chi connectivity index (χ0) is 8.69. The maximum Gasteiger partial charge on any atom is 0.211 e. The summed E-state index contributed by atoms with van der Waals surface area (Å²) in [6.07, 6.45) is 3.77. The molecule has 0 atom stereocenters. The molecule has 1 N–H and O–H groups in total. The van der Waals surface area contributed by atoms with E-state index in [0.717, 1.165) is 0 Å². The molecule has 0 fully saturated rings. The molecule has 3 heteroatoms. The molecule has 0 aromatic rings. The Balaban J connectivity index is 3.82. The highest BCUT2D eigenvalue weighted by Gasteiger charge is 1.84. The van der Waals surface area contributed by atoms with Gasteiger partial charge in [-0.3, -0.25) is 4.79 Å². The normalized spacial score (nSPS) is 9.18. The van der Waals surface area contributed by atoms with Crippen LogP contribution in [0, 0.1) is 0 Å². The molecule has 1 amide bonds. The van der Waals surface area contributed by atoms with E-state index in [1.807, 2.05) is 0 Å². The highest BCUT2D eigenvalue weighted by Crippen LogP contribution is 1.94. The van der Waals surface area contributed by atoms with Crippen LogP contribution >= 0.6 is 0 Å². The second-order valence-electron chi connectivity index (χ2n) is 1.79. The average Bonchev–Trinajstić information content (AvgIpc) is 2.01. The molecule has 0 saturated heterocycles. The van der Waals surface area contributed by atoms with Gasteiger partial charge in [0.05, 0.1) is 7.11 Å². The summed E-state index contributed by atoms with van der Waals surface area (Å²) in [7, 11) is 1.52. The van der Waals surface area contributed by atoms with E-state index in [0.29, 0.717) is 17.9 Å². The maximum atomic E-state index is 9.87. The number of allylic oxidation sites excluding steroid dienone is 2. The van der Waals surface area contributed by atoms with Gasteiger partial charge in [0.15, 0.2) is 0 Å². The number of nitrogens with one attached hydrogen (secondary N) is 1. The third kappa shape index (κ3) is 4.96. The van der Waals surface area contributed by atoms with Crippen molar-refractivity contribution in [3.63, 3.8) is 0 Å². The minimum Gasteiger partial charge on any atom is -0.497 e. The summed E-state index contributed by atoms with van der Waals surface area (Å²) in [5, 5.41) is 2.37. The van der Waals surface area contributed by atoms with Gasteiger partial charge < -0.3 is 10.1 Å². The topological polar surface area (TPSA) is 38.3 Å². The number of ether oxygens (including phenoxy) is 1. The number of amides is 1. The maximum absolute atomic E-state index is 9.87. The Kier molecular flexibility index (Phi) is 4.56. The average molecular weight is 153 g/mol. The smallest absolute Gasteiger partial charge is 0.211 e. The van der Waals surface area contributed by atoms with Gasteiger partial charge in [-0.2, -0.15) is 0 Å². The Bertz CT molecular complexity index is 194. The molecular weight excluding hydrogens is 142 g/mol. The van der Waals surface area contributed by atoms with Crippen molar-refractivity contribution in [3.8, 4) is 0 Å². The van der Waals surface area contributed by atoms with Gasteiger partial charge in [0.1, 0.15) is 5.76 Å². The van der Waals surface area contributed by atoms with E-state index >= 15 is 0 Å². The van der Waals surface area contributed by atoms with Crippen LogP contribution in [0.5, 0.6) is 0 Å². The Hall–Kier alpha value is -1.51. The fourth-order valence-corrected chi connectivity index (χ4v) is 0.385. The molecule has 0 aliphatic heterocycles. The third-order valence-electron chi connectivity index (χ3n) is 0.977. The van der Waals surface area contributed by atoms with Crippen molar-refractivity contribution in [3.05, 3.63) is 36.8 Å². The molecule has 0 unspecified atom stereocenters. The first-order chi connectivity index (χ1) is 5.20. The number of methoxy groups -OCH3 is 1. The molecule has 60 valence electrons. The summed E-state index contributed by atoms with van der Waals surface area (Å²) in [6, 6.07) is 0. The van der Waals surface area contributed by atoms with E-state index in [1.54, 1.807) is 12.2 Å². The van der Waals surface area contributed by atoms with Crippen LogP contribution in [-0.4, -0.2) is 13.5 Å². The lowest BCUT2D eigenvalue weighted by molar-refractivity contribution is -0.108. The highest BCUT2D eigenvalue weighted by atomic mass is 16.5. The third-order valence-corrected chi connectivity index (χ3v) is 0.977. The van der Waals surface area contributed by atoms with Gasteiger partial charge in [0.2, 0.25) is 6.41 Å². The molecule has 0 radical (unpaired) electrons. The van der Waals surface area contributed by atoms with E-state index in [1.165, 1.54) is 7.11 Å². The lowest BCUT2D eigenvalue weighted by Crippen LogP contribution is -2.06. The Morgan fingerprint density at radius 3 is 2.55 bits per heavy atom. The van der Waals surface area contributed by atoms with Gasteiger partial charge >= 0.3 is 0 Å². The van der Waals surface area contributed by atoms with Crippen molar-refractivity contribution in [2.75, 3.05) is 7.11 Å². The monoisotopic (exact) mass is 153 g/mol. The van der Waals surface area contributed by atoms with Crippen molar-refractivity contribution in [2.24, 2.45) is 0 Å². The van der Waals surface area contributed by atoms with E-state index in [2.05, 4.69) is 18.5 Å². The number of hydrogen-bond donors (Lipinski definition) is 1. The van der Waals surface area contributed by atoms with Gasteiger partial charge in [-0.1, -0.05) is 13.2 Å². The molecule has 0 aliphatic rings. The molecule has 0 spiro atoms. The quantitative estimate of drug-likeness (QED) is 0.363. The molecule has 0 heterocycles. The summed E-state index contributed by atoms with van der Waals surface area (Å²) in [4.78, 5) is 9.87. The van der Waals surface area contributed by atoms with Crippen molar-refractivity contribution >= 4 is 6.41 Å². The zero-order valence-corrected chi connectivity index (χ0v) is 6.46.